The number of aliphatic hydroxyl groups is 1. The first-order valence-corrected chi connectivity index (χ1v) is 7.96. The summed E-state index contributed by atoms with van der Waals surface area (Å²) in [7, 11) is 0. The quantitative estimate of drug-likeness (QED) is 0.771. The molecule has 106 valence electrons. The molecule has 0 bridgehead atoms. The van der Waals surface area contributed by atoms with Gasteiger partial charge in [-0.15, -0.1) is 0 Å². The molecular weight excluding hydrogens is 234 g/mol. The summed E-state index contributed by atoms with van der Waals surface area (Å²) in [5, 5.41) is 20.3. The normalized spacial score (nSPS) is 36.7. The molecule has 1 saturated carbocycles. The van der Waals surface area contributed by atoms with Gasteiger partial charge in [0.2, 0.25) is 0 Å². The highest BCUT2D eigenvalue weighted by molar-refractivity contribution is 5.09. The molecule has 19 heavy (non-hydrogen) atoms. The number of allylic oxidation sites excluding steroid dienone is 2. The van der Waals surface area contributed by atoms with Crippen molar-refractivity contribution in [2.45, 2.75) is 70.8 Å². The highest BCUT2D eigenvalue weighted by Gasteiger charge is 2.44. The summed E-state index contributed by atoms with van der Waals surface area (Å²) < 4.78 is 0. The van der Waals surface area contributed by atoms with Crippen LogP contribution in [0.4, 0.5) is 0 Å². The fraction of sp³-hybridized carbons (Fsp3) is 0.824. The highest BCUT2D eigenvalue weighted by atomic mass is 16.3. The van der Waals surface area contributed by atoms with Gasteiger partial charge in [0.15, 0.2) is 0 Å². The zero-order valence-corrected chi connectivity index (χ0v) is 12.1. The molecule has 2 atom stereocenters. The zero-order valence-electron chi connectivity index (χ0n) is 12.1. The molecule has 0 aromatic carbocycles. The van der Waals surface area contributed by atoms with Gasteiger partial charge in [-0.1, -0.05) is 31.9 Å². The molecule has 0 aromatic rings. The zero-order chi connectivity index (χ0) is 13.7. The highest BCUT2D eigenvalue weighted by Crippen LogP contribution is 2.46. The molecule has 2 heteroatoms. The third-order valence-corrected chi connectivity index (χ3v) is 5.24. The number of rotatable bonds is 4. The first-order chi connectivity index (χ1) is 9.22. The lowest BCUT2D eigenvalue weighted by Gasteiger charge is -2.41. The van der Waals surface area contributed by atoms with Gasteiger partial charge in [-0.2, -0.15) is 5.26 Å². The molecule has 2 rings (SSSR count). The van der Waals surface area contributed by atoms with Crippen molar-refractivity contribution in [3.8, 4) is 6.07 Å². The molecule has 0 saturated heterocycles. The minimum atomic E-state index is -0.458. The summed E-state index contributed by atoms with van der Waals surface area (Å²) >= 11 is 0. The van der Waals surface area contributed by atoms with E-state index in [-0.39, 0.29) is 0 Å². The predicted octanol–water partition coefficient (Wildman–Crippen LogP) is 4.20. The van der Waals surface area contributed by atoms with Crippen molar-refractivity contribution in [1.29, 1.82) is 5.26 Å². The number of hydrogen-bond acceptors (Lipinski definition) is 2. The molecule has 0 heterocycles. The Balaban J connectivity index is 1.99. The van der Waals surface area contributed by atoms with E-state index in [2.05, 4.69) is 25.1 Å². The summed E-state index contributed by atoms with van der Waals surface area (Å²) in [6.07, 6.45) is 13.6. The molecule has 2 unspecified atom stereocenters. The maximum atomic E-state index is 10.7. The van der Waals surface area contributed by atoms with Crippen LogP contribution >= 0.6 is 0 Å². The molecule has 2 aliphatic carbocycles. The van der Waals surface area contributed by atoms with Crippen LogP contribution in [0.5, 0.6) is 0 Å². The number of nitrogens with zero attached hydrogens (tertiary/aromatic N) is 1. The Morgan fingerprint density at radius 1 is 1.32 bits per heavy atom. The van der Waals surface area contributed by atoms with E-state index >= 15 is 0 Å². The minimum Gasteiger partial charge on any atom is -0.391 e. The fourth-order valence-electron chi connectivity index (χ4n) is 3.92. The predicted molar refractivity (Wildman–Crippen MR) is 77.4 cm³/mol. The Bertz CT molecular complexity index is 347. The van der Waals surface area contributed by atoms with Crippen molar-refractivity contribution in [3.05, 3.63) is 12.2 Å². The van der Waals surface area contributed by atoms with Crippen LogP contribution < -0.4 is 0 Å². The molecule has 0 amide bonds. The lowest BCUT2D eigenvalue weighted by atomic mass is 9.63. The number of hydrogen-bond donors (Lipinski definition) is 1. The van der Waals surface area contributed by atoms with E-state index in [1.165, 1.54) is 12.8 Å². The Labute approximate surface area is 117 Å². The van der Waals surface area contributed by atoms with Crippen LogP contribution in [0.1, 0.15) is 64.7 Å². The van der Waals surface area contributed by atoms with Crippen molar-refractivity contribution >= 4 is 0 Å². The maximum Gasteiger partial charge on any atom is 0.0835 e. The van der Waals surface area contributed by atoms with Gasteiger partial charge in [-0.3, -0.25) is 0 Å². The van der Waals surface area contributed by atoms with Crippen molar-refractivity contribution in [2.24, 2.45) is 17.3 Å². The lowest BCUT2D eigenvalue weighted by molar-refractivity contribution is -0.0186. The van der Waals surface area contributed by atoms with Gasteiger partial charge in [-0.05, 0) is 56.8 Å². The Hall–Kier alpha value is -0.810. The van der Waals surface area contributed by atoms with Crippen LogP contribution in [-0.2, 0) is 0 Å². The largest absolute Gasteiger partial charge is 0.391 e. The second-order valence-corrected chi connectivity index (χ2v) is 6.49. The van der Waals surface area contributed by atoms with Crippen molar-refractivity contribution in [1.82, 2.24) is 0 Å². The average Bonchev–Trinajstić information content (AvgIpc) is 2.49. The van der Waals surface area contributed by atoms with Crippen LogP contribution in [0.15, 0.2) is 12.2 Å². The molecule has 0 aliphatic heterocycles. The molecule has 1 N–H and O–H groups in total. The first kappa shape index (κ1) is 14.6. The van der Waals surface area contributed by atoms with Crippen molar-refractivity contribution < 1.29 is 5.11 Å². The van der Waals surface area contributed by atoms with E-state index in [0.717, 1.165) is 50.9 Å². The summed E-state index contributed by atoms with van der Waals surface area (Å²) in [6.45, 7) is 2.23. The summed E-state index contributed by atoms with van der Waals surface area (Å²) in [5.41, 5.74) is -0.458. The number of nitriles is 1. The van der Waals surface area contributed by atoms with Gasteiger partial charge in [0.05, 0.1) is 17.6 Å². The third kappa shape index (κ3) is 3.20. The topological polar surface area (TPSA) is 44.0 Å². The van der Waals surface area contributed by atoms with Crippen LogP contribution in [0.25, 0.3) is 0 Å². The first-order valence-electron chi connectivity index (χ1n) is 7.96. The second kappa shape index (κ2) is 6.57. The number of aliphatic hydroxyl groups excluding tert-OH is 1. The second-order valence-electron chi connectivity index (χ2n) is 6.49. The Morgan fingerprint density at radius 2 is 2.05 bits per heavy atom. The molecule has 2 nitrogen and oxygen atoms in total. The Morgan fingerprint density at radius 3 is 2.58 bits per heavy atom. The molecule has 1 fully saturated rings. The van der Waals surface area contributed by atoms with E-state index in [1.54, 1.807) is 0 Å². The molecule has 0 spiro atoms. The van der Waals surface area contributed by atoms with E-state index in [9.17, 15) is 10.4 Å². The van der Waals surface area contributed by atoms with Crippen molar-refractivity contribution in [3.63, 3.8) is 0 Å². The van der Waals surface area contributed by atoms with Gasteiger partial charge >= 0.3 is 0 Å². The van der Waals surface area contributed by atoms with Gasteiger partial charge in [0.1, 0.15) is 0 Å². The fourth-order valence-corrected chi connectivity index (χ4v) is 3.92. The van der Waals surface area contributed by atoms with Gasteiger partial charge in [-0.25, -0.2) is 0 Å². The van der Waals surface area contributed by atoms with E-state index in [4.69, 9.17) is 0 Å². The SMILES string of the molecule is CCCC1CCC(C#N)(C(O)C2CC=CCC2)CC1. The van der Waals surface area contributed by atoms with E-state index in [1.807, 2.05) is 0 Å². The third-order valence-electron chi connectivity index (χ3n) is 5.24. The summed E-state index contributed by atoms with van der Waals surface area (Å²) in [6, 6.07) is 2.50. The van der Waals surface area contributed by atoms with Crippen LogP contribution in [0.3, 0.4) is 0 Å². The standard InChI is InChI=1S/C17H27NO/c1-2-6-14-9-11-17(13-18,12-10-14)16(19)15-7-4-3-5-8-15/h3-4,14-16,19H,2,5-12H2,1H3. The Kier molecular flexibility index (Phi) is 5.05. The molecular formula is C17H27NO. The molecule has 0 radical (unpaired) electrons. The van der Waals surface area contributed by atoms with Gasteiger partial charge in [0.25, 0.3) is 0 Å². The summed E-state index contributed by atoms with van der Waals surface area (Å²) in [4.78, 5) is 0. The van der Waals surface area contributed by atoms with E-state index < -0.39 is 11.5 Å². The minimum absolute atomic E-state index is 0.298. The summed E-state index contributed by atoms with van der Waals surface area (Å²) in [5.74, 6) is 1.08. The van der Waals surface area contributed by atoms with Gasteiger partial charge in [0, 0.05) is 0 Å². The maximum absolute atomic E-state index is 10.7. The van der Waals surface area contributed by atoms with Gasteiger partial charge < -0.3 is 5.11 Å². The van der Waals surface area contributed by atoms with Crippen molar-refractivity contribution in [2.75, 3.05) is 0 Å². The monoisotopic (exact) mass is 261 g/mol. The van der Waals surface area contributed by atoms with E-state index in [0.29, 0.717) is 5.92 Å². The van der Waals surface area contributed by atoms with Crippen LogP contribution in [0.2, 0.25) is 0 Å². The smallest absolute Gasteiger partial charge is 0.0835 e. The van der Waals surface area contributed by atoms with Crippen LogP contribution in [-0.4, -0.2) is 11.2 Å². The van der Waals surface area contributed by atoms with Crippen LogP contribution in [0, 0.1) is 28.6 Å². The average molecular weight is 261 g/mol. The molecule has 2 aliphatic rings. The molecule has 0 aromatic heterocycles. The lowest BCUT2D eigenvalue weighted by Crippen LogP contribution is -2.42.